The van der Waals surface area contributed by atoms with Gasteiger partial charge in [0.2, 0.25) is 23.7 Å². The molecule has 4 aromatic rings. The number of fused-ring (bicyclic) bond motifs is 2. The Morgan fingerprint density at radius 1 is 0.930 bits per heavy atom. The number of carbonyl (C=O) groups excluding carboxylic acids is 6. The number of hydrogen-bond acceptors (Lipinski definition) is 13. The maximum atomic E-state index is 13.6. The van der Waals surface area contributed by atoms with Crippen LogP contribution in [0.25, 0.3) is 11.0 Å². The molecule has 6 heterocycles. The molecule has 0 bridgehead atoms. The van der Waals surface area contributed by atoms with E-state index in [-0.39, 0.29) is 63.7 Å². The predicted octanol–water partition coefficient (Wildman–Crippen LogP) is 2.41. The van der Waals surface area contributed by atoms with Crippen LogP contribution < -0.4 is 21.1 Å². The molecule has 1 aromatic carbocycles. The second kappa shape index (κ2) is 15.1. The van der Waals surface area contributed by atoms with E-state index in [0.717, 1.165) is 36.3 Å². The van der Waals surface area contributed by atoms with Gasteiger partial charge in [0.1, 0.15) is 23.3 Å². The van der Waals surface area contributed by atoms with Gasteiger partial charge in [-0.2, -0.15) is 4.98 Å². The van der Waals surface area contributed by atoms with Crippen molar-refractivity contribution in [2.45, 2.75) is 69.4 Å². The highest BCUT2D eigenvalue weighted by Crippen LogP contribution is 2.33. The van der Waals surface area contributed by atoms with Crippen LogP contribution in [0.5, 0.6) is 0 Å². The number of hydrogen-bond donors (Lipinski definition) is 2. The van der Waals surface area contributed by atoms with E-state index in [1.54, 1.807) is 34.9 Å². The zero-order valence-corrected chi connectivity index (χ0v) is 32.1. The van der Waals surface area contributed by atoms with Crippen LogP contribution >= 0.6 is 0 Å². The number of Topliss-reactive ketones (excluding diaryl/α,β-unsaturated/α-hetero) is 1. The van der Waals surface area contributed by atoms with Crippen molar-refractivity contribution >= 4 is 74.6 Å². The summed E-state index contributed by atoms with van der Waals surface area (Å²) >= 11 is 0. The minimum absolute atomic E-state index is 0.000797. The van der Waals surface area contributed by atoms with Gasteiger partial charge in [0.15, 0.2) is 5.78 Å². The second-order valence-corrected chi connectivity index (χ2v) is 16.0. The summed E-state index contributed by atoms with van der Waals surface area (Å²) in [6, 6.07) is 6.81. The van der Waals surface area contributed by atoms with Crippen LogP contribution in [-0.4, -0.2) is 107 Å². The number of pyridine rings is 2. The molecule has 2 atom stereocenters. The Balaban J connectivity index is 0.901. The molecule has 0 spiro atoms. The van der Waals surface area contributed by atoms with E-state index >= 15 is 0 Å². The first-order valence-corrected chi connectivity index (χ1v) is 20.1. The molecule has 294 valence electrons. The summed E-state index contributed by atoms with van der Waals surface area (Å²) < 4.78 is 15.2. The third-order valence-electron chi connectivity index (χ3n) is 11.2. The number of amides is 5. The zero-order chi connectivity index (χ0) is 40.1. The standard InChI is InChI=1S/C39H39N9O8S/c1-21-26-19-41-39(44-34(26)47(23-6-3-4-7-23)37(54)32(21)22(2)49)42-29-12-10-24(18-40-29)45-14-16-46(17-15-45)31(51)20-57(56)28-9-5-8-25-33(28)38(55)48(36(25)53)27-11-13-30(50)43-35(27)52/h5,8-10,12,18-19,23,27H,3-4,6-7,11,13-17,20H2,1-2H3,(H,43,50,52)(H,40,41,42,44). The summed E-state index contributed by atoms with van der Waals surface area (Å²) in [5.74, 6) is -3.03. The van der Waals surface area contributed by atoms with Crippen molar-refractivity contribution in [1.82, 2.24) is 34.6 Å². The van der Waals surface area contributed by atoms with E-state index in [4.69, 9.17) is 4.98 Å². The van der Waals surface area contributed by atoms with Crippen molar-refractivity contribution in [2.75, 3.05) is 42.1 Å². The third kappa shape index (κ3) is 6.87. The lowest BCUT2D eigenvalue weighted by Gasteiger charge is -2.36. The fourth-order valence-electron chi connectivity index (χ4n) is 8.24. The highest BCUT2D eigenvalue weighted by molar-refractivity contribution is 7.85. The number of aromatic nitrogens is 4. The lowest BCUT2D eigenvalue weighted by Crippen LogP contribution is -2.54. The lowest BCUT2D eigenvalue weighted by atomic mass is 10.0. The van der Waals surface area contributed by atoms with Crippen molar-refractivity contribution in [3.63, 3.8) is 0 Å². The first-order valence-electron chi connectivity index (χ1n) is 18.8. The fraction of sp³-hybridized carbons (Fsp3) is 0.385. The number of anilines is 3. The molecular weight excluding hydrogens is 755 g/mol. The molecule has 2 unspecified atom stereocenters. The number of carbonyl (C=O) groups is 6. The van der Waals surface area contributed by atoms with Gasteiger partial charge in [-0.15, -0.1) is 0 Å². The van der Waals surface area contributed by atoms with Crippen LogP contribution in [-0.2, 0) is 25.2 Å². The molecule has 17 nitrogen and oxygen atoms in total. The van der Waals surface area contributed by atoms with Crippen LogP contribution in [0.2, 0.25) is 0 Å². The third-order valence-corrected chi connectivity index (χ3v) is 12.5. The number of piperazine rings is 1. The molecule has 1 saturated carbocycles. The number of nitrogens with one attached hydrogen (secondary N) is 2. The summed E-state index contributed by atoms with van der Waals surface area (Å²) in [5.41, 5.74) is 1.62. The fourth-order valence-corrected chi connectivity index (χ4v) is 9.46. The van der Waals surface area contributed by atoms with Gasteiger partial charge in [0.25, 0.3) is 17.4 Å². The van der Waals surface area contributed by atoms with E-state index in [0.29, 0.717) is 48.6 Å². The second-order valence-electron chi connectivity index (χ2n) is 14.6. The van der Waals surface area contributed by atoms with Crippen LogP contribution in [0.1, 0.15) is 88.1 Å². The number of piperidine rings is 1. The van der Waals surface area contributed by atoms with E-state index in [2.05, 4.69) is 25.5 Å². The van der Waals surface area contributed by atoms with E-state index in [1.165, 1.54) is 25.1 Å². The Labute approximate surface area is 328 Å². The van der Waals surface area contributed by atoms with Gasteiger partial charge in [-0.1, -0.05) is 18.9 Å². The summed E-state index contributed by atoms with van der Waals surface area (Å²) in [4.78, 5) is 108. The summed E-state index contributed by atoms with van der Waals surface area (Å²) in [7, 11) is -1.96. The first kappa shape index (κ1) is 37.7. The van der Waals surface area contributed by atoms with E-state index in [1.807, 2.05) is 6.07 Å². The number of benzene rings is 1. The van der Waals surface area contributed by atoms with Crippen LogP contribution in [0, 0.1) is 6.92 Å². The van der Waals surface area contributed by atoms with Crippen molar-refractivity contribution in [3.8, 4) is 0 Å². The van der Waals surface area contributed by atoms with Crippen molar-refractivity contribution in [2.24, 2.45) is 0 Å². The maximum absolute atomic E-state index is 13.6. The minimum atomic E-state index is -1.96. The molecule has 18 heteroatoms. The molecule has 1 aliphatic carbocycles. The SMILES string of the molecule is CC(=O)c1c(C)c2cnc(Nc3ccc(N4CCN(C(=O)CS(=O)c5cccc6c5C(=O)N(C5CCC(=O)NC5=O)C6=O)CC4)cn3)nc2n(C2CCCC2)c1=O. The highest BCUT2D eigenvalue weighted by atomic mass is 32.2. The molecule has 3 aliphatic heterocycles. The summed E-state index contributed by atoms with van der Waals surface area (Å²) in [6.45, 7) is 4.81. The smallest absolute Gasteiger partial charge is 0.263 e. The van der Waals surface area contributed by atoms with E-state index < -0.39 is 46.2 Å². The van der Waals surface area contributed by atoms with Crippen LogP contribution in [0.3, 0.4) is 0 Å². The molecule has 0 radical (unpaired) electrons. The number of nitrogens with zero attached hydrogens (tertiary/aromatic N) is 7. The van der Waals surface area contributed by atoms with Gasteiger partial charge in [-0.25, -0.2) is 9.97 Å². The molecule has 3 aromatic heterocycles. The van der Waals surface area contributed by atoms with Crippen molar-refractivity contribution in [1.29, 1.82) is 0 Å². The number of imide groups is 2. The highest BCUT2D eigenvalue weighted by Gasteiger charge is 2.46. The van der Waals surface area contributed by atoms with Gasteiger partial charge >= 0.3 is 0 Å². The average Bonchev–Trinajstić information content (AvgIpc) is 3.81. The maximum Gasteiger partial charge on any atom is 0.263 e. The lowest BCUT2D eigenvalue weighted by molar-refractivity contribution is -0.136. The minimum Gasteiger partial charge on any atom is -0.367 e. The molecule has 8 rings (SSSR count). The van der Waals surface area contributed by atoms with Crippen LogP contribution in [0.4, 0.5) is 17.5 Å². The molecule has 57 heavy (non-hydrogen) atoms. The molecule has 4 aliphatic rings. The molecule has 2 saturated heterocycles. The first-order chi connectivity index (χ1) is 27.4. The molecule has 5 amide bonds. The zero-order valence-electron chi connectivity index (χ0n) is 31.3. The van der Waals surface area contributed by atoms with Gasteiger partial charge < -0.3 is 15.1 Å². The van der Waals surface area contributed by atoms with Gasteiger partial charge in [-0.3, -0.25) is 52.6 Å². The Kier molecular flexibility index (Phi) is 9.97. The van der Waals surface area contributed by atoms with E-state index in [9.17, 15) is 37.8 Å². The largest absolute Gasteiger partial charge is 0.367 e. The quantitative estimate of drug-likeness (QED) is 0.184. The van der Waals surface area contributed by atoms with Crippen LogP contribution in [0.15, 0.2) is 52.4 Å². The van der Waals surface area contributed by atoms with Gasteiger partial charge in [0.05, 0.1) is 44.3 Å². The monoisotopic (exact) mass is 793 g/mol. The molecule has 3 fully saturated rings. The predicted molar refractivity (Wildman–Crippen MR) is 207 cm³/mol. The van der Waals surface area contributed by atoms with Crippen molar-refractivity contribution in [3.05, 3.63) is 75.3 Å². The molecular formula is C39H39N9O8S. The Morgan fingerprint density at radius 3 is 2.37 bits per heavy atom. The Morgan fingerprint density at radius 2 is 1.68 bits per heavy atom. The topological polar surface area (TPSA) is 214 Å². The normalized spacial score (nSPS) is 19.3. The summed E-state index contributed by atoms with van der Waals surface area (Å²) in [5, 5.41) is 5.93. The average molecular weight is 794 g/mol. The Bertz CT molecular complexity index is 2470. The van der Waals surface area contributed by atoms with Gasteiger partial charge in [-0.05, 0) is 62.9 Å². The Hall–Kier alpha value is -6.17. The molecule has 2 N–H and O–H groups in total. The summed E-state index contributed by atoms with van der Waals surface area (Å²) in [6.07, 6.45) is 6.96. The number of ketones is 1. The van der Waals surface area contributed by atoms with Crippen molar-refractivity contribution < 1.29 is 33.0 Å². The van der Waals surface area contributed by atoms with Gasteiger partial charge in [0, 0.05) is 50.2 Å². The number of aryl methyl sites for hydroxylation is 1. The number of rotatable bonds is 9.